The Morgan fingerprint density at radius 3 is 2.84 bits per heavy atom. The van der Waals surface area contributed by atoms with Crippen molar-refractivity contribution >= 4 is 0 Å². The molecular formula is C16H25FN2. The predicted octanol–water partition coefficient (Wildman–Crippen LogP) is 4.09. The summed E-state index contributed by atoms with van der Waals surface area (Å²) in [5, 5.41) is 3.59. The van der Waals surface area contributed by atoms with Crippen LogP contribution in [0.25, 0.3) is 0 Å². The van der Waals surface area contributed by atoms with Crippen molar-refractivity contribution in [3.63, 3.8) is 0 Å². The molecule has 1 aliphatic rings. The van der Waals surface area contributed by atoms with Crippen molar-refractivity contribution < 1.29 is 4.39 Å². The number of hydrogen-bond acceptors (Lipinski definition) is 2. The van der Waals surface area contributed by atoms with Crippen LogP contribution in [0.5, 0.6) is 0 Å². The second-order valence-corrected chi connectivity index (χ2v) is 5.72. The number of aromatic nitrogens is 1. The maximum Gasteiger partial charge on any atom is 0.141 e. The first kappa shape index (κ1) is 14.4. The van der Waals surface area contributed by atoms with Gasteiger partial charge in [-0.3, -0.25) is 4.98 Å². The van der Waals surface area contributed by atoms with Crippen LogP contribution in [0, 0.1) is 17.7 Å². The molecule has 2 rings (SSSR count). The van der Waals surface area contributed by atoms with E-state index in [2.05, 4.69) is 24.1 Å². The lowest BCUT2D eigenvalue weighted by Gasteiger charge is -2.25. The molecule has 2 nitrogen and oxygen atoms in total. The fraction of sp³-hybridized carbons (Fsp3) is 0.688. The van der Waals surface area contributed by atoms with Gasteiger partial charge in [0.15, 0.2) is 0 Å². The zero-order valence-corrected chi connectivity index (χ0v) is 12.0. The van der Waals surface area contributed by atoms with Crippen molar-refractivity contribution in [2.24, 2.45) is 11.8 Å². The highest BCUT2D eigenvalue weighted by molar-refractivity contribution is 5.16. The SMILES string of the molecule is CCCNC(c1cncc(F)c1)C1CCC(CC)C1. The molecule has 0 aromatic carbocycles. The van der Waals surface area contributed by atoms with E-state index in [9.17, 15) is 4.39 Å². The Kier molecular flexibility index (Phi) is 5.32. The summed E-state index contributed by atoms with van der Waals surface area (Å²) in [6, 6.07) is 1.90. The lowest BCUT2D eigenvalue weighted by molar-refractivity contribution is 0.352. The van der Waals surface area contributed by atoms with E-state index < -0.39 is 0 Å². The molecular weight excluding hydrogens is 239 g/mol. The predicted molar refractivity (Wildman–Crippen MR) is 76.4 cm³/mol. The molecule has 1 aromatic heterocycles. The van der Waals surface area contributed by atoms with Gasteiger partial charge in [0, 0.05) is 12.2 Å². The first-order valence-corrected chi connectivity index (χ1v) is 7.58. The minimum atomic E-state index is -0.231. The third-order valence-corrected chi connectivity index (χ3v) is 4.33. The molecule has 1 fully saturated rings. The molecule has 1 aliphatic carbocycles. The van der Waals surface area contributed by atoms with E-state index >= 15 is 0 Å². The minimum Gasteiger partial charge on any atom is -0.310 e. The Hall–Kier alpha value is -0.960. The summed E-state index contributed by atoms with van der Waals surface area (Å²) < 4.78 is 13.4. The van der Waals surface area contributed by atoms with Gasteiger partial charge < -0.3 is 5.32 Å². The van der Waals surface area contributed by atoms with Gasteiger partial charge in [-0.15, -0.1) is 0 Å². The van der Waals surface area contributed by atoms with E-state index in [0.29, 0.717) is 5.92 Å². The van der Waals surface area contributed by atoms with Gasteiger partial charge in [-0.1, -0.05) is 26.7 Å². The number of pyridine rings is 1. The third kappa shape index (κ3) is 3.75. The molecule has 0 spiro atoms. The number of hydrogen-bond donors (Lipinski definition) is 1. The molecule has 1 saturated carbocycles. The second-order valence-electron chi connectivity index (χ2n) is 5.72. The molecule has 0 aliphatic heterocycles. The lowest BCUT2D eigenvalue weighted by Crippen LogP contribution is -2.28. The van der Waals surface area contributed by atoms with Crippen molar-refractivity contribution in [3.05, 3.63) is 29.8 Å². The average Bonchev–Trinajstić information content (AvgIpc) is 2.88. The molecule has 0 saturated heterocycles. The molecule has 0 amide bonds. The van der Waals surface area contributed by atoms with Crippen molar-refractivity contribution in [1.82, 2.24) is 10.3 Å². The zero-order valence-electron chi connectivity index (χ0n) is 12.0. The van der Waals surface area contributed by atoms with E-state index in [1.54, 1.807) is 6.07 Å². The molecule has 0 radical (unpaired) electrons. The van der Waals surface area contributed by atoms with Gasteiger partial charge in [0.05, 0.1) is 6.20 Å². The van der Waals surface area contributed by atoms with Crippen LogP contribution < -0.4 is 5.32 Å². The van der Waals surface area contributed by atoms with Crippen molar-refractivity contribution in [1.29, 1.82) is 0 Å². The number of rotatable bonds is 6. The van der Waals surface area contributed by atoms with Crippen molar-refractivity contribution in [3.8, 4) is 0 Å². The summed E-state index contributed by atoms with van der Waals surface area (Å²) in [5.74, 6) is 1.24. The van der Waals surface area contributed by atoms with Crippen LogP contribution in [0.4, 0.5) is 4.39 Å². The first-order valence-electron chi connectivity index (χ1n) is 7.58. The van der Waals surface area contributed by atoms with Gasteiger partial charge in [-0.05, 0) is 49.3 Å². The lowest BCUT2D eigenvalue weighted by atomic mass is 9.91. The summed E-state index contributed by atoms with van der Waals surface area (Å²) in [6.07, 6.45) is 9.28. The van der Waals surface area contributed by atoms with E-state index in [1.165, 1.54) is 31.9 Å². The molecule has 0 bridgehead atoms. The quantitative estimate of drug-likeness (QED) is 0.837. The molecule has 3 atom stereocenters. The molecule has 106 valence electrons. The van der Waals surface area contributed by atoms with E-state index in [4.69, 9.17) is 0 Å². The van der Waals surface area contributed by atoms with Crippen LogP contribution in [0.15, 0.2) is 18.5 Å². The van der Waals surface area contributed by atoms with E-state index in [-0.39, 0.29) is 11.9 Å². The van der Waals surface area contributed by atoms with Gasteiger partial charge >= 0.3 is 0 Å². The summed E-state index contributed by atoms with van der Waals surface area (Å²) >= 11 is 0. The monoisotopic (exact) mass is 264 g/mol. The normalized spacial score (nSPS) is 24.6. The number of nitrogens with zero attached hydrogens (tertiary/aromatic N) is 1. The summed E-state index contributed by atoms with van der Waals surface area (Å²) in [5.41, 5.74) is 1.01. The molecule has 3 heteroatoms. The maximum absolute atomic E-state index is 13.4. The van der Waals surface area contributed by atoms with E-state index in [1.807, 2.05) is 6.20 Å². The van der Waals surface area contributed by atoms with Crippen LogP contribution in [0.3, 0.4) is 0 Å². The fourth-order valence-corrected chi connectivity index (χ4v) is 3.24. The van der Waals surface area contributed by atoms with Gasteiger partial charge in [0.1, 0.15) is 5.82 Å². The smallest absolute Gasteiger partial charge is 0.141 e. The molecule has 1 heterocycles. The van der Waals surface area contributed by atoms with Crippen LogP contribution in [-0.4, -0.2) is 11.5 Å². The summed E-state index contributed by atoms with van der Waals surface area (Å²) in [6.45, 7) is 5.41. The maximum atomic E-state index is 13.4. The molecule has 1 N–H and O–H groups in total. The number of halogens is 1. The fourth-order valence-electron chi connectivity index (χ4n) is 3.24. The summed E-state index contributed by atoms with van der Waals surface area (Å²) in [4.78, 5) is 4.01. The largest absolute Gasteiger partial charge is 0.310 e. The van der Waals surface area contributed by atoms with Gasteiger partial charge in [-0.25, -0.2) is 4.39 Å². The van der Waals surface area contributed by atoms with Crippen molar-refractivity contribution in [2.75, 3.05) is 6.54 Å². The van der Waals surface area contributed by atoms with E-state index in [0.717, 1.165) is 24.4 Å². The van der Waals surface area contributed by atoms with Crippen LogP contribution in [-0.2, 0) is 0 Å². The van der Waals surface area contributed by atoms with Gasteiger partial charge in [0.25, 0.3) is 0 Å². The second kappa shape index (κ2) is 6.99. The summed E-state index contributed by atoms with van der Waals surface area (Å²) in [7, 11) is 0. The van der Waals surface area contributed by atoms with Gasteiger partial charge in [0.2, 0.25) is 0 Å². The third-order valence-electron chi connectivity index (χ3n) is 4.33. The highest BCUT2D eigenvalue weighted by atomic mass is 19.1. The Balaban J connectivity index is 2.11. The van der Waals surface area contributed by atoms with Crippen molar-refractivity contribution in [2.45, 2.75) is 52.0 Å². The molecule has 1 aromatic rings. The topological polar surface area (TPSA) is 24.9 Å². The Labute approximate surface area is 115 Å². The minimum absolute atomic E-state index is 0.231. The van der Waals surface area contributed by atoms with Crippen LogP contribution in [0.2, 0.25) is 0 Å². The standard InChI is InChI=1S/C16H25FN2/c1-3-7-19-16(13-6-5-12(4-2)8-13)14-9-15(17)11-18-10-14/h9-13,16,19H,3-8H2,1-2H3. The van der Waals surface area contributed by atoms with Crippen LogP contribution >= 0.6 is 0 Å². The van der Waals surface area contributed by atoms with Gasteiger partial charge in [-0.2, -0.15) is 0 Å². The zero-order chi connectivity index (χ0) is 13.7. The number of nitrogens with one attached hydrogen (secondary N) is 1. The molecule has 19 heavy (non-hydrogen) atoms. The van der Waals surface area contributed by atoms with Crippen LogP contribution in [0.1, 0.15) is 57.6 Å². The average molecular weight is 264 g/mol. The Bertz CT molecular complexity index is 394. The first-order chi connectivity index (χ1) is 9.24. The highest BCUT2D eigenvalue weighted by Gasteiger charge is 2.30. The highest BCUT2D eigenvalue weighted by Crippen LogP contribution is 2.40. The Morgan fingerprint density at radius 2 is 2.21 bits per heavy atom. The molecule has 3 unspecified atom stereocenters. The Morgan fingerprint density at radius 1 is 1.37 bits per heavy atom.